The van der Waals surface area contributed by atoms with Crippen molar-refractivity contribution in [3.8, 4) is 0 Å². The molecule has 4 heteroatoms. The van der Waals surface area contributed by atoms with Gasteiger partial charge in [0.05, 0.1) is 5.69 Å². The standard InChI is InChI=1S/C7H8IN3/c8-7-5-3-9-2-1-6(5)10-4-11-7/h4,9H,1-3H2. The van der Waals surface area contributed by atoms with Gasteiger partial charge in [-0.05, 0) is 22.6 Å². The average molecular weight is 261 g/mol. The molecule has 2 rings (SSSR count). The average Bonchev–Trinajstić information content (AvgIpc) is 2.06. The van der Waals surface area contributed by atoms with Crippen molar-refractivity contribution in [1.29, 1.82) is 0 Å². The minimum atomic E-state index is 0.925. The zero-order valence-electron chi connectivity index (χ0n) is 5.97. The highest BCUT2D eigenvalue weighted by Gasteiger charge is 2.12. The number of fused-ring (bicyclic) bond motifs is 1. The van der Waals surface area contributed by atoms with Gasteiger partial charge in [-0.1, -0.05) is 0 Å². The van der Waals surface area contributed by atoms with Crippen LogP contribution in [0.3, 0.4) is 0 Å². The van der Waals surface area contributed by atoms with Crippen molar-refractivity contribution in [2.24, 2.45) is 0 Å². The lowest BCUT2D eigenvalue weighted by molar-refractivity contribution is 0.621. The molecule has 11 heavy (non-hydrogen) atoms. The minimum absolute atomic E-state index is 0.925. The molecule has 0 radical (unpaired) electrons. The molecule has 1 aromatic heterocycles. The van der Waals surface area contributed by atoms with Crippen molar-refractivity contribution in [2.75, 3.05) is 6.54 Å². The Hall–Kier alpha value is -0.230. The molecule has 0 aromatic carbocycles. The van der Waals surface area contributed by atoms with Gasteiger partial charge in [-0.15, -0.1) is 0 Å². The zero-order valence-corrected chi connectivity index (χ0v) is 8.13. The quantitative estimate of drug-likeness (QED) is 0.552. The predicted molar refractivity (Wildman–Crippen MR) is 50.2 cm³/mol. The van der Waals surface area contributed by atoms with E-state index in [1.807, 2.05) is 0 Å². The SMILES string of the molecule is Ic1ncnc2c1CNCC2. The summed E-state index contributed by atoms with van der Waals surface area (Å²) in [7, 11) is 0. The molecule has 58 valence electrons. The van der Waals surface area contributed by atoms with Crippen LogP contribution < -0.4 is 5.32 Å². The highest BCUT2D eigenvalue weighted by atomic mass is 127. The summed E-state index contributed by atoms with van der Waals surface area (Å²) in [6.07, 6.45) is 2.68. The van der Waals surface area contributed by atoms with Gasteiger partial charge in [-0.25, -0.2) is 9.97 Å². The highest BCUT2D eigenvalue weighted by Crippen LogP contribution is 2.14. The summed E-state index contributed by atoms with van der Waals surface area (Å²) >= 11 is 2.25. The maximum absolute atomic E-state index is 4.22. The van der Waals surface area contributed by atoms with Gasteiger partial charge in [-0.3, -0.25) is 0 Å². The minimum Gasteiger partial charge on any atom is -0.312 e. The summed E-state index contributed by atoms with van der Waals surface area (Å²) in [5, 5.41) is 3.30. The lowest BCUT2D eigenvalue weighted by Crippen LogP contribution is -2.25. The van der Waals surface area contributed by atoms with E-state index in [9.17, 15) is 0 Å². The Balaban J connectivity index is 2.49. The maximum Gasteiger partial charge on any atom is 0.116 e. The highest BCUT2D eigenvalue weighted by molar-refractivity contribution is 14.1. The first-order chi connectivity index (χ1) is 5.38. The van der Waals surface area contributed by atoms with Crippen LogP contribution in [0.25, 0.3) is 0 Å². The number of nitrogens with one attached hydrogen (secondary N) is 1. The first-order valence-electron chi connectivity index (χ1n) is 3.57. The number of rotatable bonds is 0. The second-order valence-electron chi connectivity index (χ2n) is 2.52. The van der Waals surface area contributed by atoms with E-state index in [0.717, 1.165) is 23.2 Å². The summed E-state index contributed by atoms with van der Waals surface area (Å²) < 4.78 is 1.08. The second kappa shape index (κ2) is 3.02. The molecule has 0 spiro atoms. The lowest BCUT2D eigenvalue weighted by atomic mass is 10.1. The fourth-order valence-corrected chi connectivity index (χ4v) is 1.86. The second-order valence-corrected chi connectivity index (χ2v) is 3.54. The van der Waals surface area contributed by atoms with Gasteiger partial charge in [0.2, 0.25) is 0 Å². The number of hydrogen-bond acceptors (Lipinski definition) is 3. The summed E-state index contributed by atoms with van der Waals surface area (Å²) in [4.78, 5) is 8.35. The smallest absolute Gasteiger partial charge is 0.116 e. The van der Waals surface area contributed by atoms with E-state index < -0.39 is 0 Å². The molecule has 0 atom stereocenters. The molecule has 3 nitrogen and oxygen atoms in total. The Labute approximate surface area is 78.8 Å². The van der Waals surface area contributed by atoms with E-state index in [1.54, 1.807) is 6.33 Å². The van der Waals surface area contributed by atoms with Crippen molar-refractivity contribution >= 4 is 22.6 Å². The topological polar surface area (TPSA) is 37.8 Å². The molecule has 0 saturated carbocycles. The zero-order chi connectivity index (χ0) is 7.68. The summed E-state index contributed by atoms with van der Waals surface area (Å²) in [6, 6.07) is 0. The lowest BCUT2D eigenvalue weighted by Gasteiger charge is -2.15. The van der Waals surface area contributed by atoms with E-state index >= 15 is 0 Å². The van der Waals surface area contributed by atoms with Crippen molar-refractivity contribution < 1.29 is 0 Å². The van der Waals surface area contributed by atoms with Crippen LogP contribution in [-0.4, -0.2) is 16.5 Å². The van der Waals surface area contributed by atoms with Gasteiger partial charge in [0.15, 0.2) is 0 Å². The van der Waals surface area contributed by atoms with Gasteiger partial charge in [0.25, 0.3) is 0 Å². The molecule has 0 saturated heterocycles. The Morgan fingerprint density at radius 3 is 3.18 bits per heavy atom. The molecular weight excluding hydrogens is 253 g/mol. The fraction of sp³-hybridized carbons (Fsp3) is 0.429. The normalized spacial score (nSPS) is 16.1. The first kappa shape index (κ1) is 7.42. The van der Waals surface area contributed by atoms with Crippen LogP contribution in [0.15, 0.2) is 6.33 Å². The first-order valence-corrected chi connectivity index (χ1v) is 4.65. The van der Waals surface area contributed by atoms with Crippen molar-refractivity contribution in [3.05, 3.63) is 21.3 Å². The maximum atomic E-state index is 4.22. The molecule has 1 aromatic rings. The monoisotopic (exact) mass is 261 g/mol. The van der Waals surface area contributed by atoms with Gasteiger partial charge in [0, 0.05) is 25.1 Å². The molecule has 1 N–H and O–H groups in total. The van der Waals surface area contributed by atoms with Crippen molar-refractivity contribution in [3.63, 3.8) is 0 Å². The third kappa shape index (κ3) is 1.37. The molecule has 0 amide bonds. The molecule has 0 aliphatic carbocycles. The van der Waals surface area contributed by atoms with Crippen LogP contribution in [0.5, 0.6) is 0 Å². The van der Waals surface area contributed by atoms with E-state index in [2.05, 4.69) is 37.9 Å². The summed E-state index contributed by atoms with van der Waals surface area (Å²) in [6.45, 7) is 1.97. The summed E-state index contributed by atoms with van der Waals surface area (Å²) in [5.41, 5.74) is 2.49. The molecule has 0 bridgehead atoms. The number of aromatic nitrogens is 2. The third-order valence-electron chi connectivity index (χ3n) is 1.82. The third-order valence-corrected chi connectivity index (χ3v) is 2.75. The number of hydrogen-bond donors (Lipinski definition) is 1. The molecule has 1 aliphatic rings. The van der Waals surface area contributed by atoms with Crippen LogP contribution in [-0.2, 0) is 13.0 Å². The van der Waals surface area contributed by atoms with Gasteiger partial charge in [0.1, 0.15) is 10.0 Å². The molecule has 0 unspecified atom stereocenters. The Morgan fingerprint density at radius 1 is 1.45 bits per heavy atom. The Morgan fingerprint density at radius 2 is 2.36 bits per heavy atom. The van der Waals surface area contributed by atoms with Crippen LogP contribution >= 0.6 is 22.6 Å². The van der Waals surface area contributed by atoms with Crippen LogP contribution in [0.2, 0.25) is 0 Å². The van der Waals surface area contributed by atoms with Crippen molar-refractivity contribution in [1.82, 2.24) is 15.3 Å². The number of nitrogens with zero attached hydrogens (tertiary/aromatic N) is 2. The van der Waals surface area contributed by atoms with Crippen molar-refractivity contribution in [2.45, 2.75) is 13.0 Å². The Bertz CT molecular complexity index is 274. The molecular formula is C7H8IN3. The van der Waals surface area contributed by atoms with Gasteiger partial charge in [-0.2, -0.15) is 0 Å². The van der Waals surface area contributed by atoms with E-state index in [0.29, 0.717) is 0 Å². The van der Waals surface area contributed by atoms with E-state index in [1.165, 1.54) is 11.3 Å². The molecule has 2 heterocycles. The van der Waals surface area contributed by atoms with Crippen LogP contribution in [0.4, 0.5) is 0 Å². The van der Waals surface area contributed by atoms with Gasteiger partial charge < -0.3 is 5.32 Å². The summed E-state index contributed by atoms with van der Waals surface area (Å²) in [5.74, 6) is 0. The molecule has 1 aliphatic heterocycles. The van der Waals surface area contributed by atoms with Crippen LogP contribution in [0, 0.1) is 3.70 Å². The molecule has 0 fully saturated rings. The predicted octanol–water partition coefficient (Wildman–Crippen LogP) is 0.727. The largest absolute Gasteiger partial charge is 0.312 e. The fourth-order valence-electron chi connectivity index (χ4n) is 1.23. The van der Waals surface area contributed by atoms with Crippen LogP contribution in [0.1, 0.15) is 11.3 Å². The number of halogens is 1. The van der Waals surface area contributed by atoms with E-state index in [4.69, 9.17) is 0 Å². The van der Waals surface area contributed by atoms with E-state index in [-0.39, 0.29) is 0 Å². The van der Waals surface area contributed by atoms with Gasteiger partial charge >= 0.3 is 0 Å². The Kier molecular flexibility index (Phi) is 2.04.